The van der Waals surface area contributed by atoms with E-state index in [0.29, 0.717) is 17.9 Å². The van der Waals surface area contributed by atoms with Gasteiger partial charge in [0.2, 0.25) is 0 Å². The molecule has 1 heterocycles. The van der Waals surface area contributed by atoms with Crippen LogP contribution in [0.5, 0.6) is 5.75 Å². The second-order valence-corrected chi connectivity index (χ2v) is 5.34. The predicted molar refractivity (Wildman–Crippen MR) is 78.2 cm³/mol. The van der Waals surface area contributed by atoms with Crippen molar-refractivity contribution in [1.82, 2.24) is 4.98 Å². The van der Waals surface area contributed by atoms with Gasteiger partial charge in [-0.25, -0.2) is 0 Å². The van der Waals surface area contributed by atoms with E-state index in [4.69, 9.17) is 4.74 Å². The van der Waals surface area contributed by atoms with Gasteiger partial charge in [0, 0.05) is 16.2 Å². The zero-order chi connectivity index (χ0) is 13.9. The Hall–Kier alpha value is -1.39. The van der Waals surface area contributed by atoms with Crippen LogP contribution in [0.4, 0.5) is 0 Å². The molecule has 0 aliphatic heterocycles. The first-order valence-corrected chi connectivity index (χ1v) is 6.90. The Kier molecular flexibility index (Phi) is 4.22. The lowest BCUT2D eigenvalue weighted by Crippen LogP contribution is -2.23. The fourth-order valence-corrected chi connectivity index (χ4v) is 2.14. The number of aromatic nitrogens is 1. The van der Waals surface area contributed by atoms with Crippen LogP contribution in [-0.4, -0.2) is 16.7 Å². The second-order valence-electron chi connectivity index (χ2n) is 4.42. The van der Waals surface area contributed by atoms with Crippen molar-refractivity contribution in [3.63, 3.8) is 0 Å². The third kappa shape index (κ3) is 3.14. The lowest BCUT2D eigenvalue weighted by Gasteiger charge is -2.24. The first kappa shape index (κ1) is 14.0. The van der Waals surface area contributed by atoms with Crippen molar-refractivity contribution in [3.05, 3.63) is 58.3 Å². The summed E-state index contributed by atoms with van der Waals surface area (Å²) < 4.78 is 6.40. The molecule has 0 aliphatic carbocycles. The van der Waals surface area contributed by atoms with E-state index in [1.54, 1.807) is 19.3 Å². The van der Waals surface area contributed by atoms with Crippen molar-refractivity contribution in [2.24, 2.45) is 0 Å². The SMILES string of the molecule is CCOc1cncc(C(C)(O)c2ccc(Br)cc2)c1. The summed E-state index contributed by atoms with van der Waals surface area (Å²) in [5.74, 6) is 0.664. The minimum atomic E-state index is -1.10. The lowest BCUT2D eigenvalue weighted by atomic mass is 9.89. The van der Waals surface area contributed by atoms with Crippen LogP contribution in [0, 0.1) is 0 Å². The molecule has 1 N–H and O–H groups in total. The molecule has 0 radical (unpaired) electrons. The maximum absolute atomic E-state index is 10.7. The number of aliphatic hydroxyl groups is 1. The van der Waals surface area contributed by atoms with Crippen LogP contribution < -0.4 is 4.74 Å². The van der Waals surface area contributed by atoms with Crippen molar-refractivity contribution in [2.75, 3.05) is 6.61 Å². The van der Waals surface area contributed by atoms with Crippen molar-refractivity contribution in [2.45, 2.75) is 19.4 Å². The van der Waals surface area contributed by atoms with E-state index in [1.165, 1.54) is 0 Å². The Morgan fingerprint density at radius 3 is 2.53 bits per heavy atom. The van der Waals surface area contributed by atoms with Crippen LogP contribution in [0.1, 0.15) is 25.0 Å². The van der Waals surface area contributed by atoms with Gasteiger partial charge in [0.15, 0.2) is 0 Å². The van der Waals surface area contributed by atoms with Gasteiger partial charge in [0.25, 0.3) is 0 Å². The molecule has 0 bridgehead atoms. The van der Waals surface area contributed by atoms with Gasteiger partial charge in [-0.3, -0.25) is 4.98 Å². The minimum Gasteiger partial charge on any atom is -0.492 e. The van der Waals surface area contributed by atoms with Gasteiger partial charge < -0.3 is 9.84 Å². The zero-order valence-electron chi connectivity index (χ0n) is 10.9. The molecule has 0 saturated heterocycles. The Bertz CT molecular complexity index is 552. The molecule has 1 aromatic carbocycles. The Morgan fingerprint density at radius 2 is 1.89 bits per heavy atom. The summed E-state index contributed by atoms with van der Waals surface area (Å²) in [6, 6.07) is 9.40. The molecular formula is C15H16BrNO2. The third-order valence-corrected chi connectivity index (χ3v) is 3.52. The number of hydrogen-bond acceptors (Lipinski definition) is 3. The highest BCUT2D eigenvalue weighted by atomic mass is 79.9. The van der Waals surface area contributed by atoms with Crippen LogP contribution in [0.2, 0.25) is 0 Å². The molecule has 1 atom stereocenters. The van der Waals surface area contributed by atoms with Crippen LogP contribution in [0.25, 0.3) is 0 Å². The number of pyridine rings is 1. The summed E-state index contributed by atoms with van der Waals surface area (Å²) in [7, 11) is 0. The van der Waals surface area contributed by atoms with E-state index >= 15 is 0 Å². The zero-order valence-corrected chi connectivity index (χ0v) is 12.5. The van der Waals surface area contributed by atoms with Gasteiger partial charge in [-0.15, -0.1) is 0 Å². The van der Waals surface area contributed by atoms with Crippen molar-refractivity contribution < 1.29 is 9.84 Å². The van der Waals surface area contributed by atoms with Crippen LogP contribution >= 0.6 is 15.9 Å². The first-order valence-electron chi connectivity index (χ1n) is 6.10. The molecule has 1 aromatic heterocycles. The summed E-state index contributed by atoms with van der Waals surface area (Å²) in [5, 5.41) is 10.7. The highest BCUT2D eigenvalue weighted by molar-refractivity contribution is 9.10. The van der Waals surface area contributed by atoms with Crippen molar-refractivity contribution >= 4 is 15.9 Å². The maximum Gasteiger partial charge on any atom is 0.137 e. The summed E-state index contributed by atoms with van der Waals surface area (Å²) >= 11 is 3.39. The summed E-state index contributed by atoms with van der Waals surface area (Å²) in [6.07, 6.45) is 3.30. The smallest absolute Gasteiger partial charge is 0.137 e. The summed E-state index contributed by atoms with van der Waals surface area (Å²) in [6.45, 7) is 4.24. The van der Waals surface area contributed by atoms with Gasteiger partial charge in [0.1, 0.15) is 11.4 Å². The van der Waals surface area contributed by atoms with E-state index in [2.05, 4.69) is 20.9 Å². The monoisotopic (exact) mass is 321 g/mol. The highest BCUT2D eigenvalue weighted by Crippen LogP contribution is 2.31. The van der Waals surface area contributed by atoms with Crippen LogP contribution in [-0.2, 0) is 5.60 Å². The molecule has 2 rings (SSSR count). The molecule has 3 nitrogen and oxygen atoms in total. The molecule has 0 saturated carbocycles. The van der Waals surface area contributed by atoms with Crippen LogP contribution in [0.15, 0.2) is 47.2 Å². The third-order valence-electron chi connectivity index (χ3n) is 2.99. The van der Waals surface area contributed by atoms with Crippen LogP contribution in [0.3, 0.4) is 0 Å². The average molecular weight is 322 g/mol. The molecule has 0 fully saturated rings. The fourth-order valence-electron chi connectivity index (χ4n) is 1.87. The number of benzene rings is 1. The maximum atomic E-state index is 10.7. The average Bonchev–Trinajstić information content (AvgIpc) is 2.40. The predicted octanol–water partition coefficient (Wildman–Crippen LogP) is 3.50. The normalized spacial score (nSPS) is 13.9. The van der Waals surface area contributed by atoms with Gasteiger partial charge >= 0.3 is 0 Å². The van der Waals surface area contributed by atoms with Gasteiger partial charge in [0.05, 0.1) is 12.8 Å². The van der Waals surface area contributed by atoms with E-state index in [0.717, 1.165) is 10.0 Å². The topological polar surface area (TPSA) is 42.4 Å². The molecule has 2 aromatic rings. The Labute approximate surface area is 121 Å². The van der Waals surface area contributed by atoms with E-state index in [-0.39, 0.29) is 0 Å². The molecule has 100 valence electrons. The van der Waals surface area contributed by atoms with Gasteiger partial charge in [-0.1, -0.05) is 28.1 Å². The fraction of sp³-hybridized carbons (Fsp3) is 0.267. The minimum absolute atomic E-state index is 0.575. The molecule has 0 aliphatic rings. The molecular weight excluding hydrogens is 306 g/mol. The number of halogens is 1. The summed E-state index contributed by atoms with van der Waals surface area (Å²) in [4.78, 5) is 4.12. The van der Waals surface area contributed by atoms with E-state index in [9.17, 15) is 5.11 Å². The summed E-state index contributed by atoms with van der Waals surface area (Å²) in [5.41, 5.74) is 0.424. The Balaban J connectivity index is 2.37. The molecule has 1 unspecified atom stereocenters. The van der Waals surface area contributed by atoms with Crippen molar-refractivity contribution in [1.29, 1.82) is 0 Å². The number of rotatable bonds is 4. The molecule has 0 amide bonds. The number of hydrogen-bond donors (Lipinski definition) is 1. The molecule has 19 heavy (non-hydrogen) atoms. The van der Waals surface area contributed by atoms with E-state index < -0.39 is 5.60 Å². The first-order chi connectivity index (χ1) is 9.04. The van der Waals surface area contributed by atoms with Gasteiger partial charge in [-0.05, 0) is 37.6 Å². The van der Waals surface area contributed by atoms with Crippen molar-refractivity contribution in [3.8, 4) is 5.75 Å². The highest BCUT2D eigenvalue weighted by Gasteiger charge is 2.26. The van der Waals surface area contributed by atoms with Gasteiger partial charge in [-0.2, -0.15) is 0 Å². The number of nitrogens with zero attached hydrogens (tertiary/aromatic N) is 1. The lowest BCUT2D eigenvalue weighted by molar-refractivity contribution is 0.101. The second kappa shape index (κ2) is 5.72. The van der Waals surface area contributed by atoms with E-state index in [1.807, 2.05) is 37.3 Å². The molecule has 0 spiro atoms. The molecule has 4 heteroatoms. The largest absolute Gasteiger partial charge is 0.492 e. The quantitative estimate of drug-likeness (QED) is 0.937. The standard InChI is InChI=1S/C15H16BrNO2/c1-3-19-14-8-12(9-17-10-14)15(2,18)11-4-6-13(16)7-5-11/h4-10,18H,3H2,1-2H3. The Morgan fingerprint density at radius 1 is 1.21 bits per heavy atom. The number of ether oxygens (including phenoxy) is 1.